The summed E-state index contributed by atoms with van der Waals surface area (Å²) >= 11 is 12.2. The smallest absolute Gasteiger partial charge is 0.467 e. The summed E-state index contributed by atoms with van der Waals surface area (Å²) in [6.07, 6.45) is 1.60. The summed E-state index contributed by atoms with van der Waals surface area (Å²) in [5.74, 6) is -1.28. The van der Waals surface area contributed by atoms with Gasteiger partial charge in [-0.2, -0.15) is 0 Å². The third-order valence-corrected chi connectivity index (χ3v) is 5.20. The zero-order valence-electron chi connectivity index (χ0n) is 15.8. The van der Waals surface area contributed by atoms with Crippen molar-refractivity contribution in [2.24, 2.45) is 0 Å². The fourth-order valence-electron chi connectivity index (χ4n) is 3.14. The summed E-state index contributed by atoms with van der Waals surface area (Å²) in [6.45, 7) is 0. The summed E-state index contributed by atoms with van der Waals surface area (Å²) in [6, 6.07) is 10.2. The minimum absolute atomic E-state index is 0.0556. The number of methoxy groups -OCH3 is 1. The summed E-state index contributed by atoms with van der Waals surface area (Å²) in [4.78, 5) is 29.3. The average molecular weight is 447 g/mol. The molecular weight excluding hydrogens is 430 g/mol. The van der Waals surface area contributed by atoms with Crippen molar-refractivity contribution in [3.05, 3.63) is 69.8 Å². The normalized spacial score (nSPS) is 11.8. The summed E-state index contributed by atoms with van der Waals surface area (Å²) < 4.78 is 4.84. The van der Waals surface area contributed by atoms with Crippen LogP contribution in [-0.2, 0) is 16.0 Å². The number of nitrogens with one attached hydrogen (secondary N) is 1. The van der Waals surface area contributed by atoms with Gasteiger partial charge in [0.2, 0.25) is 0 Å². The van der Waals surface area contributed by atoms with Crippen molar-refractivity contribution in [3.63, 3.8) is 0 Å². The molecular formula is C20H17BCl2N2O5. The predicted octanol–water partition coefficient (Wildman–Crippen LogP) is 1.74. The van der Waals surface area contributed by atoms with Crippen LogP contribution in [0.15, 0.2) is 48.7 Å². The van der Waals surface area contributed by atoms with Crippen molar-refractivity contribution in [2.75, 3.05) is 7.11 Å². The second-order valence-corrected chi connectivity index (χ2v) is 7.25. The van der Waals surface area contributed by atoms with Crippen LogP contribution in [0.2, 0.25) is 10.0 Å². The van der Waals surface area contributed by atoms with Crippen LogP contribution in [0.3, 0.4) is 0 Å². The molecule has 0 saturated carbocycles. The van der Waals surface area contributed by atoms with E-state index in [0.29, 0.717) is 16.5 Å². The van der Waals surface area contributed by atoms with Crippen molar-refractivity contribution in [3.8, 4) is 0 Å². The molecule has 1 atom stereocenters. The van der Waals surface area contributed by atoms with Gasteiger partial charge < -0.3 is 20.1 Å². The van der Waals surface area contributed by atoms with Crippen molar-refractivity contribution in [1.29, 1.82) is 0 Å². The minimum atomic E-state index is -1.70. The molecule has 0 bridgehead atoms. The van der Waals surface area contributed by atoms with Crippen molar-refractivity contribution >= 4 is 58.6 Å². The number of esters is 1. The molecule has 1 amide bonds. The first-order chi connectivity index (χ1) is 14.3. The maximum absolute atomic E-state index is 12.7. The third-order valence-electron chi connectivity index (χ3n) is 4.57. The highest BCUT2D eigenvalue weighted by molar-refractivity contribution is 6.61. The number of carbonyl (C=O) groups excluding carboxylic acids is 2. The third kappa shape index (κ3) is 4.57. The molecule has 3 N–H and O–H groups in total. The lowest BCUT2D eigenvalue weighted by atomic mass is 9.77. The Kier molecular flexibility index (Phi) is 6.94. The van der Waals surface area contributed by atoms with E-state index in [-0.39, 0.29) is 27.5 Å². The highest BCUT2D eigenvalue weighted by Crippen LogP contribution is 2.24. The standard InChI is InChI=1S/C20H17BCl2N2O5/c1-30-20(27)16(25-19(26)17-14(22)5-2-6-15(17)23)10-11-7-8-13(21(28)29)18-12(11)4-3-9-24-18/h2-9,16,28-29H,10H2,1H3,(H,25,26)/t16-/m0/s1. The van der Waals surface area contributed by atoms with E-state index in [1.165, 1.54) is 31.5 Å². The van der Waals surface area contributed by atoms with Crippen LogP contribution in [0, 0.1) is 0 Å². The molecule has 0 saturated heterocycles. The molecule has 0 unspecified atom stereocenters. The SMILES string of the molecule is COC(=O)[C@H](Cc1ccc(B(O)O)c2ncccc12)NC(=O)c1c(Cl)cccc1Cl. The van der Waals surface area contributed by atoms with E-state index in [9.17, 15) is 19.6 Å². The Balaban J connectivity index is 1.96. The minimum Gasteiger partial charge on any atom is -0.467 e. The first-order valence-electron chi connectivity index (χ1n) is 8.88. The average Bonchev–Trinajstić information content (AvgIpc) is 2.72. The van der Waals surface area contributed by atoms with Gasteiger partial charge in [-0.15, -0.1) is 0 Å². The van der Waals surface area contributed by atoms with Gasteiger partial charge in [0.15, 0.2) is 0 Å². The molecule has 30 heavy (non-hydrogen) atoms. The Morgan fingerprint density at radius 3 is 2.47 bits per heavy atom. The maximum Gasteiger partial charge on any atom is 0.490 e. The molecule has 0 radical (unpaired) electrons. The second-order valence-electron chi connectivity index (χ2n) is 6.44. The van der Waals surface area contributed by atoms with Gasteiger partial charge >= 0.3 is 13.1 Å². The van der Waals surface area contributed by atoms with E-state index in [0.717, 1.165) is 0 Å². The first kappa shape index (κ1) is 22.0. The van der Waals surface area contributed by atoms with E-state index in [2.05, 4.69) is 10.3 Å². The molecule has 10 heteroatoms. The van der Waals surface area contributed by atoms with Crippen LogP contribution in [0.25, 0.3) is 10.9 Å². The summed E-state index contributed by atoms with van der Waals surface area (Å²) in [5.41, 5.74) is 1.33. The zero-order valence-corrected chi connectivity index (χ0v) is 17.3. The van der Waals surface area contributed by atoms with E-state index in [1.807, 2.05) is 0 Å². The van der Waals surface area contributed by atoms with E-state index in [4.69, 9.17) is 27.9 Å². The number of halogens is 2. The van der Waals surface area contributed by atoms with Crippen LogP contribution in [0.4, 0.5) is 0 Å². The molecule has 1 aromatic heterocycles. The molecule has 154 valence electrons. The molecule has 1 heterocycles. The number of carbonyl (C=O) groups is 2. The number of fused-ring (bicyclic) bond motifs is 1. The van der Waals surface area contributed by atoms with Gasteiger partial charge in [0, 0.05) is 23.5 Å². The molecule has 0 aliphatic carbocycles. The van der Waals surface area contributed by atoms with Crippen LogP contribution in [-0.4, -0.2) is 47.2 Å². The topological polar surface area (TPSA) is 109 Å². The number of amides is 1. The lowest BCUT2D eigenvalue weighted by Crippen LogP contribution is -2.43. The lowest BCUT2D eigenvalue weighted by molar-refractivity contribution is -0.142. The first-order valence-corrected chi connectivity index (χ1v) is 9.64. The molecule has 2 aromatic carbocycles. The number of aromatic nitrogens is 1. The van der Waals surface area contributed by atoms with Crippen molar-refractivity contribution < 1.29 is 24.4 Å². The Morgan fingerprint density at radius 2 is 1.83 bits per heavy atom. The molecule has 0 aliphatic rings. The predicted molar refractivity (Wildman–Crippen MR) is 115 cm³/mol. The van der Waals surface area contributed by atoms with Gasteiger partial charge in [0.05, 0.1) is 28.2 Å². The van der Waals surface area contributed by atoms with Gasteiger partial charge in [-0.25, -0.2) is 4.79 Å². The Hall–Kier alpha value is -2.65. The van der Waals surface area contributed by atoms with E-state index < -0.39 is 25.0 Å². The van der Waals surface area contributed by atoms with Crippen molar-refractivity contribution in [1.82, 2.24) is 10.3 Å². The number of hydrogen-bond donors (Lipinski definition) is 3. The zero-order chi connectivity index (χ0) is 21.8. The molecule has 3 rings (SSSR count). The second kappa shape index (κ2) is 9.44. The Labute approximate surface area is 182 Å². The fourth-order valence-corrected chi connectivity index (χ4v) is 3.71. The van der Waals surface area contributed by atoms with Gasteiger partial charge in [-0.1, -0.05) is 47.5 Å². The summed E-state index contributed by atoms with van der Waals surface area (Å²) in [7, 11) is -0.482. The monoisotopic (exact) mass is 446 g/mol. The number of benzene rings is 2. The molecule has 0 fully saturated rings. The van der Waals surface area contributed by atoms with Crippen LogP contribution < -0.4 is 10.8 Å². The lowest BCUT2D eigenvalue weighted by Gasteiger charge is -2.19. The Morgan fingerprint density at radius 1 is 1.13 bits per heavy atom. The largest absolute Gasteiger partial charge is 0.490 e. The highest BCUT2D eigenvalue weighted by atomic mass is 35.5. The number of rotatable bonds is 6. The molecule has 0 aliphatic heterocycles. The highest BCUT2D eigenvalue weighted by Gasteiger charge is 2.26. The number of hydrogen-bond acceptors (Lipinski definition) is 6. The van der Waals surface area contributed by atoms with Gasteiger partial charge in [0.25, 0.3) is 5.91 Å². The molecule has 7 nitrogen and oxygen atoms in total. The van der Waals surface area contributed by atoms with E-state index >= 15 is 0 Å². The van der Waals surface area contributed by atoms with Crippen LogP contribution in [0.5, 0.6) is 0 Å². The summed E-state index contributed by atoms with van der Waals surface area (Å²) in [5, 5.41) is 22.7. The fraction of sp³-hybridized carbons (Fsp3) is 0.150. The van der Waals surface area contributed by atoms with Crippen molar-refractivity contribution in [2.45, 2.75) is 12.5 Å². The maximum atomic E-state index is 12.7. The van der Waals surface area contributed by atoms with E-state index in [1.54, 1.807) is 24.3 Å². The van der Waals surface area contributed by atoms with Crippen LogP contribution in [0.1, 0.15) is 15.9 Å². The molecule has 3 aromatic rings. The van der Waals surface area contributed by atoms with Gasteiger partial charge in [-0.05, 0) is 23.8 Å². The van der Waals surface area contributed by atoms with Gasteiger partial charge in [0.1, 0.15) is 6.04 Å². The molecule has 0 spiro atoms. The number of pyridine rings is 1. The number of ether oxygens (including phenoxy) is 1. The Bertz CT molecular complexity index is 1090. The van der Waals surface area contributed by atoms with Gasteiger partial charge in [-0.3, -0.25) is 9.78 Å². The van der Waals surface area contributed by atoms with Crippen LogP contribution >= 0.6 is 23.2 Å². The quantitative estimate of drug-likeness (QED) is 0.393. The number of nitrogens with zero attached hydrogens (tertiary/aromatic N) is 1.